The third kappa shape index (κ3) is 3.89. The Kier molecular flexibility index (Phi) is 5.06. The van der Waals surface area contributed by atoms with Gasteiger partial charge in [0.2, 0.25) is 0 Å². The van der Waals surface area contributed by atoms with E-state index in [-0.39, 0.29) is 5.84 Å². The number of aryl methyl sites for hydroxylation is 1. The summed E-state index contributed by atoms with van der Waals surface area (Å²) in [6.07, 6.45) is 0.856. The SMILES string of the molecule is CCc1cc(OCc2cccc(/C(N)=N/O)c2)ccc1Cl. The van der Waals surface area contributed by atoms with E-state index in [1.807, 2.05) is 43.3 Å². The lowest BCUT2D eigenvalue weighted by Crippen LogP contribution is -2.13. The lowest BCUT2D eigenvalue weighted by Gasteiger charge is -2.09. The van der Waals surface area contributed by atoms with Crippen LogP contribution in [0, 0.1) is 0 Å². The van der Waals surface area contributed by atoms with Crippen LogP contribution in [0.5, 0.6) is 5.75 Å². The van der Waals surface area contributed by atoms with E-state index in [1.54, 1.807) is 6.07 Å². The van der Waals surface area contributed by atoms with Crippen LogP contribution in [0.3, 0.4) is 0 Å². The molecule has 0 aromatic heterocycles. The highest BCUT2D eigenvalue weighted by atomic mass is 35.5. The first-order valence-corrected chi connectivity index (χ1v) is 7.00. The number of amidine groups is 1. The molecule has 0 aliphatic heterocycles. The van der Waals surface area contributed by atoms with Crippen molar-refractivity contribution in [2.75, 3.05) is 0 Å². The Bertz CT molecular complexity index is 656. The average molecular weight is 305 g/mol. The fourth-order valence-electron chi connectivity index (χ4n) is 1.96. The highest BCUT2D eigenvalue weighted by molar-refractivity contribution is 6.31. The van der Waals surface area contributed by atoms with Crippen molar-refractivity contribution in [1.29, 1.82) is 0 Å². The molecule has 0 spiro atoms. The summed E-state index contributed by atoms with van der Waals surface area (Å²) in [4.78, 5) is 0. The largest absolute Gasteiger partial charge is 0.489 e. The standard InChI is InChI=1S/C16H17ClN2O2/c1-2-12-9-14(6-7-15(12)17)21-10-11-4-3-5-13(8-11)16(18)19-20/h3-9,20H,2,10H2,1H3,(H2,18,19). The fourth-order valence-corrected chi connectivity index (χ4v) is 2.21. The Morgan fingerprint density at radius 2 is 2.10 bits per heavy atom. The molecule has 0 fully saturated rings. The summed E-state index contributed by atoms with van der Waals surface area (Å²) >= 11 is 6.08. The van der Waals surface area contributed by atoms with E-state index in [9.17, 15) is 0 Å². The van der Waals surface area contributed by atoms with E-state index in [4.69, 9.17) is 27.3 Å². The van der Waals surface area contributed by atoms with E-state index < -0.39 is 0 Å². The molecule has 21 heavy (non-hydrogen) atoms. The summed E-state index contributed by atoms with van der Waals surface area (Å²) in [5.41, 5.74) is 8.22. The molecule has 0 amide bonds. The van der Waals surface area contributed by atoms with Gasteiger partial charge in [-0.15, -0.1) is 0 Å². The maximum atomic E-state index is 8.69. The van der Waals surface area contributed by atoms with Crippen LogP contribution in [-0.4, -0.2) is 11.0 Å². The van der Waals surface area contributed by atoms with Gasteiger partial charge in [0.1, 0.15) is 12.4 Å². The summed E-state index contributed by atoms with van der Waals surface area (Å²) in [6.45, 7) is 2.45. The number of rotatable bonds is 5. The molecule has 110 valence electrons. The predicted molar refractivity (Wildman–Crippen MR) is 84.1 cm³/mol. The first-order chi connectivity index (χ1) is 10.1. The third-order valence-corrected chi connectivity index (χ3v) is 3.50. The molecule has 4 nitrogen and oxygen atoms in total. The molecule has 0 saturated heterocycles. The highest BCUT2D eigenvalue weighted by Gasteiger charge is 2.04. The second-order valence-corrected chi connectivity index (χ2v) is 4.99. The Hall–Kier alpha value is -2.20. The van der Waals surface area contributed by atoms with Crippen LogP contribution in [0.1, 0.15) is 23.6 Å². The van der Waals surface area contributed by atoms with Crippen molar-refractivity contribution in [2.45, 2.75) is 20.0 Å². The quantitative estimate of drug-likeness (QED) is 0.384. The van der Waals surface area contributed by atoms with Gasteiger partial charge < -0.3 is 15.7 Å². The Morgan fingerprint density at radius 1 is 1.29 bits per heavy atom. The van der Waals surface area contributed by atoms with E-state index in [0.717, 1.165) is 28.3 Å². The molecule has 0 unspecified atom stereocenters. The summed E-state index contributed by atoms with van der Waals surface area (Å²) in [6, 6.07) is 13.0. The number of hydrogen-bond acceptors (Lipinski definition) is 3. The first-order valence-electron chi connectivity index (χ1n) is 6.62. The van der Waals surface area contributed by atoms with Gasteiger partial charge in [0.05, 0.1) is 0 Å². The summed E-state index contributed by atoms with van der Waals surface area (Å²) < 4.78 is 5.76. The van der Waals surface area contributed by atoms with E-state index in [1.165, 1.54) is 0 Å². The Labute approximate surface area is 128 Å². The van der Waals surface area contributed by atoms with Gasteiger partial charge in [-0.25, -0.2) is 0 Å². The van der Waals surface area contributed by atoms with Gasteiger partial charge in [0.25, 0.3) is 0 Å². The van der Waals surface area contributed by atoms with Crippen molar-refractivity contribution in [3.63, 3.8) is 0 Å². The molecule has 2 aromatic carbocycles. The zero-order chi connectivity index (χ0) is 15.2. The molecule has 0 bridgehead atoms. The van der Waals surface area contributed by atoms with Crippen molar-refractivity contribution in [2.24, 2.45) is 10.9 Å². The van der Waals surface area contributed by atoms with Gasteiger partial charge in [-0.3, -0.25) is 0 Å². The van der Waals surface area contributed by atoms with Gasteiger partial charge in [-0.1, -0.05) is 41.9 Å². The van der Waals surface area contributed by atoms with Gasteiger partial charge in [-0.2, -0.15) is 0 Å². The van der Waals surface area contributed by atoms with E-state index in [0.29, 0.717) is 12.2 Å². The minimum absolute atomic E-state index is 0.0802. The first kappa shape index (κ1) is 15.2. The van der Waals surface area contributed by atoms with Crippen molar-refractivity contribution >= 4 is 17.4 Å². The van der Waals surface area contributed by atoms with Crippen LogP contribution < -0.4 is 10.5 Å². The van der Waals surface area contributed by atoms with Gasteiger partial charge in [-0.05, 0) is 41.8 Å². The normalized spacial score (nSPS) is 11.4. The number of nitrogens with zero attached hydrogens (tertiary/aromatic N) is 1. The van der Waals surface area contributed by atoms with Crippen LogP contribution in [0.25, 0.3) is 0 Å². The number of benzene rings is 2. The number of halogens is 1. The minimum Gasteiger partial charge on any atom is -0.489 e. The lowest BCUT2D eigenvalue weighted by molar-refractivity contribution is 0.306. The highest BCUT2D eigenvalue weighted by Crippen LogP contribution is 2.23. The smallest absolute Gasteiger partial charge is 0.170 e. The maximum Gasteiger partial charge on any atom is 0.170 e. The van der Waals surface area contributed by atoms with Crippen LogP contribution in [0.2, 0.25) is 5.02 Å². The van der Waals surface area contributed by atoms with Crippen LogP contribution in [0.4, 0.5) is 0 Å². The van der Waals surface area contributed by atoms with Crippen molar-refractivity contribution in [3.8, 4) is 5.75 Å². The molecule has 3 N–H and O–H groups in total. The average Bonchev–Trinajstić information content (AvgIpc) is 2.53. The molecular weight excluding hydrogens is 288 g/mol. The van der Waals surface area contributed by atoms with Gasteiger partial charge in [0.15, 0.2) is 5.84 Å². The zero-order valence-corrected chi connectivity index (χ0v) is 12.5. The molecule has 2 aromatic rings. The molecule has 0 aliphatic rings. The van der Waals surface area contributed by atoms with Crippen LogP contribution in [0.15, 0.2) is 47.6 Å². The van der Waals surface area contributed by atoms with Crippen molar-refractivity contribution in [3.05, 3.63) is 64.2 Å². The molecule has 0 saturated carbocycles. The predicted octanol–water partition coefficient (Wildman–Crippen LogP) is 3.58. The van der Waals surface area contributed by atoms with Crippen molar-refractivity contribution in [1.82, 2.24) is 0 Å². The molecule has 0 radical (unpaired) electrons. The fraction of sp³-hybridized carbons (Fsp3) is 0.188. The topological polar surface area (TPSA) is 67.8 Å². The Balaban J connectivity index is 2.09. The molecule has 0 heterocycles. The summed E-state index contributed by atoms with van der Waals surface area (Å²) in [7, 11) is 0. The van der Waals surface area contributed by atoms with Gasteiger partial charge in [0, 0.05) is 10.6 Å². The lowest BCUT2D eigenvalue weighted by atomic mass is 10.1. The van der Waals surface area contributed by atoms with Crippen LogP contribution >= 0.6 is 11.6 Å². The van der Waals surface area contributed by atoms with E-state index >= 15 is 0 Å². The third-order valence-electron chi connectivity index (χ3n) is 3.13. The van der Waals surface area contributed by atoms with Gasteiger partial charge >= 0.3 is 0 Å². The molecule has 0 atom stereocenters. The van der Waals surface area contributed by atoms with Crippen molar-refractivity contribution < 1.29 is 9.94 Å². The minimum atomic E-state index is 0.0802. The molecule has 5 heteroatoms. The zero-order valence-electron chi connectivity index (χ0n) is 11.7. The second kappa shape index (κ2) is 6.99. The second-order valence-electron chi connectivity index (χ2n) is 4.58. The van der Waals surface area contributed by atoms with E-state index in [2.05, 4.69) is 5.16 Å². The Morgan fingerprint density at radius 3 is 2.81 bits per heavy atom. The summed E-state index contributed by atoms with van der Waals surface area (Å²) in [5, 5.41) is 12.4. The molecular formula is C16H17ClN2O2. The number of nitrogens with two attached hydrogens (primary N) is 1. The van der Waals surface area contributed by atoms with Crippen LogP contribution in [-0.2, 0) is 13.0 Å². The number of hydrogen-bond donors (Lipinski definition) is 2. The molecule has 2 rings (SSSR count). The maximum absolute atomic E-state index is 8.69. The number of ether oxygens (including phenoxy) is 1. The summed E-state index contributed by atoms with van der Waals surface area (Å²) in [5.74, 6) is 0.849. The monoisotopic (exact) mass is 304 g/mol. The molecule has 0 aliphatic carbocycles. The number of oxime groups is 1.